The molecule has 0 bridgehead atoms. The fraction of sp³-hybridized carbons (Fsp3) is 0.350. The van der Waals surface area contributed by atoms with Crippen molar-refractivity contribution < 1.29 is 17.9 Å². The molecule has 0 unspecified atom stereocenters. The maximum Gasteiger partial charge on any atom is 0.243 e. The van der Waals surface area contributed by atoms with Crippen LogP contribution in [0.2, 0.25) is 0 Å². The Hall–Kier alpha value is -1.90. The summed E-state index contributed by atoms with van der Waals surface area (Å²) in [6.45, 7) is 0.677. The van der Waals surface area contributed by atoms with Gasteiger partial charge in [0.25, 0.3) is 0 Å². The highest BCUT2D eigenvalue weighted by molar-refractivity contribution is 9.10. The summed E-state index contributed by atoms with van der Waals surface area (Å²) in [6, 6.07) is 13.9. The third-order valence-electron chi connectivity index (χ3n) is 5.04. The molecule has 1 fully saturated rings. The molecule has 2 aromatic rings. The first-order valence-corrected chi connectivity index (χ1v) is 11.2. The van der Waals surface area contributed by atoms with Crippen LogP contribution in [0.3, 0.4) is 0 Å². The van der Waals surface area contributed by atoms with Crippen LogP contribution in [-0.2, 0) is 14.8 Å². The highest BCUT2D eigenvalue weighted by Crippen LogP contribution is 2.27. The first kappa shape index (κ1) is 20.8. The van der Waals surface area contributed by atoms with Crippen molar-refractivity contribution in [1.29, 1.82) is 0 Å². The predicted molar refractivity (Wildman–Crippen MR) is 112 cm³/mol. The van der Waals surface area contributed by atoms with Crippen molar-refractivity contribution >= 4 is 37.5 Å². The first-order valence-electron chi connectivity index (χ1n) is 9.00. The maximum absolute atomic E-state index is 12.8. The van der Waals surface area contributed by atoms with E-state index in [4.69, 9.17) is 4.74 Å². The molecule has 1 aliphatic heterocycles. The molecule has 0 atom stereocenters. The van der Waals surface area contributed by atoms with Crippen LogP contribution in [0, 0.1) is 5.92 Å². The Bertz CT molecular complexity index is 922. The summed E-state index contributed by atoms with van der Waals surface area (Å²) < 4.78 is 33.0. The summed E-state index contributed by atoms with van der Waals surface area (Å²) in [6.07, 6.45) is 1.02. The second-order valence-corrected chi connectivity index (χ2v) is 9.58. The number of amides is 1. The van der Waals surface area contributed by atoms with E-state index < -0.39 is 10.0 Å². The molecule has 0 saturated carbocycles. The number of piperidine rings is 1. The Morgan fingerprint density at radius 3 is 2.18 bits per heavy atom. The number of anilines is 1. The Kier molecular flexibility index (Phi) is 6.42. The fourth-order valence-electron chi connectivity index (χ4n) is 3.31. The molecule has 3 rings (SSSR count). The van der Waals surface area contributed by atoms with Gasteiger partial charge in [-0.25, -0.2) is 8.42 Å². The van der Waals surface area contributed by atoms with Crippen molar-refractivity contribution in [2.45, 2.75) is 17.7 Å². The predicted octanol–water partition coefficient (Wildman–Crippen LogP) is 3.52. The monoisotopic (exact) mass is 466 g/mol. The number of hydrogen-bond acceptors (Lipinski definition) is 4. The van der Waals surface area contributed by atoms with Gasteiger partial charge in [-0.15, -0.1) is 0 Å². The highest BCUT2D eigenvalue weighted by atomic mass is 79.9. The molecule has 150 valence electrons. The number of methoxy groups -OCH3 is 1. The molecule has 28 heavy (non-hydrogen) atoms. The van der Waals surface area contributed by atoms with E-state index in [9.17, 15) is 13.2 Å². The second kappa shape index (κ2) is 8.63. The lowest BCUT2D eigenvalue weighted by Gasteiger charge is -2.32. The average molecular weight is 467 g/mol. The summed E-state index contributed by atoms with van der Waals surface area (Å²) in [5, 5.41) is 0. The summed E-state index contributed by atoms with van der Waals surface area (Å²) in [4.78, 5) is 14.7. The van der Waals surface area contributed by atoms with Gasteiger partial charge in [-0.2, -0.15) is 4.31 Å². The number of carbonyl (C=O) groups excluding carboxylic acids is 1. The summed E-state index contributed by atoms with van der Waals surface area (Å²) >= 11 is 3.32. The van der Waals surface area contributed by atoms with Crippen molar-refractivity contribution in [1.82, 2.24) is 4.31 Å². The molecule has 6 nitrogen and oxygen atoms in total. The Labute approximate surface area is 174 Å². The third-order valence-corrected chi connectivity index (χ3v) is 7.49. The van der Waals surface area contributed by atoms with Gasteiger partial charge in [-0.3, -0.25) is 4.79 Å². The first-order chi connectivity index (χ1) is 13.3. The van der Waals surface area contributed by atoms with Crippen LogP contribution in [0.25, 0.3) is 0 Å². The SMILES string of the molecule is COc1ccc(N(C)C(=O)C2CCN(S(=O)(=O)c3ccc(Br)cc3)CC2)cc1. The van der Waals surface area contributed by atoms with E-state index in [0.29, 0.717) is 25.9 Å². The largest absolute Gasteiger partial charge is 0.497 e. The average Bonchev–Trinajstić information content (AvgIpc) is 2.73. The van der Waals surface area contributed by atoms with Crippen molar-refractivity contribution in [2.75, 3.05) is 32.1 Å². The molecule has 1 aliphatic rings. The van der Waals surface area contributed by atoms with Gasteiger partial charge in [0.05, 0.1) is 12.0 Å². The lowest BCUT2D eigenvalue weighted by molar-refractivity contribution is -0.123. The molecule has 0 aromatic heterocycles. The van der Waals surface area contributed by atoms with Gasteiger partial charge in [-0.05, 0) is 61.4 Å². The van der Waals surface area contributed by atoms with Crippen molar-refractivity contribution in [2.24, 2.45) is 5.92 Å². The van der Waals surface area contributed by atoms with Crippen LogP contribution in [-0.4, -0.2) is 45.9 Å². The molecule has 8 heteroatoms. The zero-order chi connectivity index (χ0) is 20.3. The molecule has 1 heterocycles. The van der Waals surface area contributed by atoms with Crippen LogP contribution in [0.15, 0.2) is 57.9 Å². The quantitative estimate of drug-likeness (QED) is 0.675. The van der Waals surface area contributed by atoms with E-state index in [-0.39, 0.29) is 16.7 Å². The van der Waals surface area contributed by atoms with E-state index in [2.05, 4.69) is 15.9 Å². The standard InChI is InChI=1S/C20H23BrN2O4S/c1-22(17-5-7-18(27-2)8-6-17)20(24)15-11-13-23(14-12-15)28(25,26)19-9-3-16(21)4-10-19/h3-10,15H,11-14H2,1-2H3. The minimum atomic E-state index is -3.53. The number of rotatable bonds is 5. The molecule has 0 radical (unpaired) electrons. The summed E-state index contributed by atoms with van der Waals surface area (Å²) in [5.41, 5.74) is 0.788. The van der Waals surface area contributed by atoms with Crippen LogP contribution in [0.1, 0.15) is 12.8 Å². The molecular formula is C20H23BrN2O4S. The van der Waals surface area contributed by atoms with Gasteiger partial charge in [0.1, 0.15) is 5.75 Å². The summed E-state index contributed by atoms with van der Waals surface area (Å²) in [5.74, 6) is 0.547. The van der Waals surface area contributed by atoms with Crippen molar-refractivity contribution in [3.63, 3.8) is 0 Å². The van der Waals surface area contributed by atoms with Gasteiger partial charge < -0.3 is 9.64 Å². The van der Waals surface area contributed by atoms with Crippen molar-refractivity contribution in [3.8, 4) is 5.75 Å². The number of carbonyl (C=O) groups is 1. The molecule has 2 aromatic carbocycles. The lowest BCUT2D eigenvalue weighted by atomic mass is 9.96. The van der Waals surface area contributed by atoms with Gasteiger partial charge in [-0.1, -0.05) is 15.9 Å². The van der Waals surface area contributed by atoms with Gasteiger partial charge in [0, 0.05) is 36.2 Å². The smallest absolute Gasteiger partial charge is 0.243 e. The number of hydrogen-bond donors (Lipinski definition) is 0. The lowest BCUT2D eigenvalue weighted by Crippen LogP contribution is -2.43. The van der Waals surface area contributed by atoms with Gasteiger partial charge in [0.2, 0.25) is 15.9 Å². The molecule has 0 N–H and O–H groups in total. The second-order valence-electron chi connectivity index (χ2n) is 6.73. The Balaban J connectivity index is 1.64. The molecule has 1 saturated heterocycles. The van der Waals surface area contributed by atoms with Crippen LogP contribution < -0.4 is 9.64 Å². The molecule has 1 amide bonds. The van der Waals surface area contributed by atoms with E-state index in [1.165, 1.54) is 4.31 Å². The fourth-order valence-corrected chi connectivity index (χ4v) is 5.04. The number of ether oxygens (including phenoxy) is 1. The Morgan fingerprint density at radius 1 is 1.07 bits per heavy atom. The summed E-state index contributed by atoms with van der Waals surface area (Å²) in [7, 11) is -0.192. The van der Waals surface area contributed by atoms with Gasteiger partial charge >= 0.3 is 0 Å². The molecule has 0 spiro atoms. The van der Waals surface area contributed by atoms with Crippen LogP contribution >= 0.6 is 15.9 Å². The third kappa shape index (κ3) is 4.39. The normalized spacial score (nSPS) is 16.0. The highest BCUT2D eigenvalue weighted by Gasteiger charge is 2.33. The van der Waals surface area contributed by atoms with Gasteiger partial charge in [0.15, 0.2) is 0 Å². The van der Waals surface area contributed by atoms with E-state index in [1.54, 1.807) is 43.3 Å². The number of benzene rings is 2. The van der Waals surface area contributed by atoms with Crippen LogP contribution in [0.4, 0.5) is 5.69 Å². The topological polar surface area (TPSA) is 66.9 Å². The van der Waals surface area contributed by atoms with E-state index in [0.717, 1.165) is 15.9 Å². The van der Waals surface area contributed by atoms with Crippen molar-refractivity contribution in [3.05, 3.63) is 53.0 Å². The number of sulfonamides is 1. The molecule has 0 aliphatic carbocycles. The zero-order valence-electron chi connectivity index (χ0n) is 15.8. The Morgan fingerprint density at radius 2 is 1.64 bits per heavy atom. The maximum atomic E-state index is 12.8. The van der Waals surface area contributed by atoms with E-state index in [1.807, 2.05) is 24.3 Å². The zero-order valence-corrected chi connectivity index (χ0v) is 18.2. The van der Waals surface area contributed by atoms with Crippen LogP contribution in [0.5, 0.6) is 5.75 Å². The minimum absolute atomic E-state index is 0.00542. The molecular weight excluding hydrogens is 444 g/mol. The minimum Gasteiger partial charge on any atom is -0.497 e. The van der Waals surface area contributed by atoms with E-state index >= 15 is 0 Å². The number of halogens is 1. The number of nitrogens with zero attached hydrogens (tertiary/aromatic N) is 2.